The average Bonchev–Trinajstić information content (AvgIpc) is 2.82. The molecule has 0 unspecified atom stereocenters. The molecule has 0 saturated carbocycles. The first-order valence-corrected chi connectivity index (χ1v) is 11.9. The Kier molecular flexibility index (Phi) is 6.41. The van der Waals surface area contributed by atoms with Crippen LogP contribution in [0.2, 0.25) is 0 Å². The summed E-state index contributed by atoms with van der Waals surface area (Å²) in [7, 11) is -4.25. The number of carbonyl (C=O) groups excluding carboxylic acids is 2. The number of rotatable bonds is 6. The fourth-order valence-corrected chi connectivity index (χ4v) is 5.32. The number of halogens is 1. The molecule has 1 saturated heterocycles. The third-order valence-electron chi connectivity index (χ3n) is 5.73. The van der Waals surface area contributed by atoms with Gasteiger partial charge in [-0.1, -0.05) is 6.07 Å². The molecule has 176 valence electrons. The highest BCUT2D eigenvalue weighted by Gasteiger charge is 2.32. The molecule has 2 aliphatic heterocycles. The molecule has 11 heteroatoms. The predicted octanol–water partition coefficient (Wildman–Crippen LogP) is 1.52. The minimum absolute atomic E-state index is 0.0188. The van der Waals surface area contributed by atoms with Crippen LogP contribution in [-0.4, -0.2) is 58.0 Å². The van der Waals surface area contributed by atoms with Gasteiger partial charge >= 0.3 is 0 Å². The molecule has 0 radical (unpaired) electrons. The first-order valence-electron chi connectivity index (χ1n) is 10.5. The molecule has 2 aliphatic rings. The molecule has 2 N–H and O–H groups in total. The Hall–Kier alpha value is -3.34. The number of likely N-dealkylation sites (tertiary alicyclic amines) is 1. The lowest BCUT2D eigenvalue weighted by Crippen LogP contribution is -2.47. The maximum Gasteiger partial charge on any atom is 0.264 e. The van der Waals surface area contributed by atoms with Gasteiger partial charge in [-0.05, 0) is 43.2 Å². The molecule has 1 fully saturated rings. The molecule has 2 aromatic rings. The van der Waals surface area contributed by atoms with Gasteiger partial charge in [0.2, 0.25) is 11.8 Å². The number of sulfonamides is 1. The van der Waals surface area contributed by atoms with Gasteiger partial charge in [0.1, 0.15) is 25.6 Å². The molecule has 4 rings (SSSR count). The lowest BCUT2D eigenvalue weighted by Gasteiger charge is -2.33. The van der Waals surface area contributed by atoms with Crippen LogP contribution in [0.15, 0.2) is 47.4 Å². The fraction of sp³-hybridized carbons (Fsp3) is 0.364. The third-order valence-corrected chi connectivity index (χ3v) is 7.50. The number of hydrogen-bond donors (Lipinski definition) is 1. The summed E-state index contributed by atoms with van der Waals surface area (Å²) in [4.78, 5) is 25.8. The van der Waals surface area contributed by atoms with Gasteiger partial charge in [-0.2, -0.15) is 0 Å². The first kappa shape index (κ1) is 22.8. The van der Waals surface area contributed by atoms with Crippen LogP contribution >= 0.6 is 0 Å². The van der Waals surface area contributed by atoms with Crippen LogP contribution in [0.4, 0.5) is 10.1 Å². The molecule has 0 aliphatic carbocycles. The monoisotopic (exact) mass is 477 g/mol. The molecule has 9 nitrogen and oxygen atoms in total. The quantitative estimate of drug-likeness (QED) is 0.674. The summed E-state index contributed by atoms with van der Waals surface area (Å²) in [6, 6.07) is 9.22. The van der Waals surface area contributed by atoms with E-state index in [0.717, 1.165) is 10.4 Å². The fourth-order valence-electron chi connectivity index (χ4n) is 3.89. The second-order valence-corrected chi connectivity index (χ2v) is 9.72. The van der Waals surface area contributed by atoms with Gasteiger partial charge in [0.25, 0.3) is 10.0 Å². The minimum atomic E-state index is -4.25. The molecule has 2 amide bonds. The van der Waals surface area contributed by atoms with Gasteiger partial charge in [-0.25, -0.2) is 12.8 Å². The number of hydrogen-bond acceptors (Lipinski definition) is 6. The van der Waals surface area contributed by atoms with Gasteiger partial charge in [-0.15, -0.1) is 0 Å². The van der Waals surface area contributed by atoms with Gasteiger partial charge < -0.3 is 20.1 Å². The molecule has 0 atom stereocenters. The number of piperidine rings is 1. The lowest BCUT2D eigenvalue weighted by atomic mass is 9.96. The highest BCUT2D eigenvalue weighted by atomic mass is 32.2. The number of fused-ring (bicyclic) bond motifs is 1. The SMILES string of the molecule is NC(=O)C1CCN(C(=O)CN(c2cccc(F)c2)S(=O)(=O)c2ccc3c(c2)OCCO3)CC1. The van der Waals surface area contributed by atoms with Crippen molar-refractivity contribution in [3.8, 4) is 11.5 Å². The van der Waals surface area contributed by atoms with E-state index in [2.05, 4.69) is 0 Å². The summed E-state index contributed by atoms with van der Waals surface area (Å²) in [6.45, 7) is 0.682. The standard InChI is InChI=1S/C22H24FN3O6S/c23-16-2-1-3-17(12-16)26(14-21(27)25-8-6-15(7-9-25)22(24)28)33(29,30)18-4-5-19-20(13-18)32-11-10-31-19/h1-5,12-13,15H,6-11,14H2,(H2,24,28). The number of amides is 2. The third kappa shape index (κ3) is 4.87. The van der Waals surface area contributed by atoms with Crippen LogP contribution in [0.3, 0.4) is 0 Å². The van der Waals surface area contributed by atoms with Crippen LogP contribution in [0.1, 0.15) is 12.8 Å². The van der Waals surface area contributed by atoms with Crippen molar-refractivity contribution < 1.29 is 31.9 Å². The topological polar surface area (TPSA) is 119 Å². The number of primary amides is 1. The van der Waals surface area contributed by atoms with Crippen molar-refractivity contribution in [3.05, 3.63) is 48.3 Å². The Balaban J connectivity index is 1.63. The van der Waals surface area contributed by atoms with Crippen molar-refractivity contribution in [2.24, 2.45) is 11.7 Å². The Morgan fingerprint density at radius 3 is 2.42 bits per heavy atom. The molecule has 0 spiro atoms. The highest BCUT2D eigenvalue weighted by molar-refractivity contribution is 7.92. The number of anilines is 1. The summed E-state index contributed by atoms with van der Waals surface area (Å²) in [5.74, 6) is -1.11. The number of benzene rings is 2. The van der Waals surface area contributed by atoms with E-state index in [1.165, 1.54) is 41.3 Å². The molecule has 2 aromatic carbocycles. The average molecular weight is 478 g/mol. The molecular formula is C22H24FN3O6S. The van der Waals surface area contributed by atoms with Gasteiger partial charge in [-0.3, -0.25) is 13.9 Å². The summed E-state index contributed by atoms with van der Waals surface area (Å²) in [5, 5.41) is 0. The number of nitrogens with zero attached hydrogens (tertiary/aromatic N) is 2. The first-order chi connectivity index (χ1) is 15.8. The minimum Gasteiger partial charge on any atom is -0.486 e. The van der Waals surface area contributed by atoms with Crippen molar-refractivity contribution in [1.82, 2.24) is 4.90 Å². The smallest absolute Gasteiger partial charge is 0.264 e. The Morgan fingerprint density at radius 1 is 1.06 bits per heavy atom. The van der Waals surface area contributed by atoms with E-state index in [1.807, 2.05) is 0 Å². The van der Waals surface area contributed by atoms with Crippen LogP contribution in [-0.2, 0) is 19.6 Å². The van der Waals surface area contributed by atoms with Crippen molar-refractivity contribution in [2.45, 2.75) is 17.7 Å². The maximum atomic E-state index is 14.0. The summed E-state index contributed by atoms with van der Waals surface area (Å²) < 4.78 is 52.9. The van der Waals surface area contributed by atoms with Crippen LogP contribution in [0, 0.1) is 11.7 Å². The van der Waals surface area contributed by atoms with E-state index in [-0.39, 0.29) is 41.9 Å². The van der Waals surface area contributed by atoms with E-state index in [0.29, 0.717) is 25.2 Å². The van der Waals surface area contributed by atoms with Crippen LogP contribution in [0.5, 0.6) is 11.5 Å². The molecule has 0 aromatic heterocycles. The normalized spacial score (nSPS) is 16.3. The summed E-state index contributed by atoms with van der Waals surface area (Å²) in [6.07, 6.45) is 0.825. The Labute approximate surface area is 190 Å². The second kappa shape index (κ2) is 9.26. The largest absolute Gasteiger partial charge is 0.486 e. The molecule has 33 heavy (non-hydrogen) atoms. The van der Waals surface area contributed by atoms with Gasteiger partial charge in [0, 0.05) is 25.1 Å². The summed E-state index contributed by atoms with van der Waals surface area (Å²) >= 11 is 0. The number of ether oxygens (including phenoxy) is 2. The van der Waals surface area contributed by atoms with E-state index < -0.39 is 34.2 Å². The van der Waals surface area contributed by atoms with E-state index in [4.69, 9.17) is 15.2 Å². The lowest BCUT2D eigenvalue weighted by molar-refractivity contribution is -0.133. The molecular weight excluding hydrogens is 453 g/mol. The van der Waals surface area contributed by atoms with Crippen molar-refractivity contribution in [3.63, 3.8) is 0 Å². The van der Waals surface area contributed by atoms with Crippen molar-refractivity contribution in [2.75, 3.05) is 37.2 Å². The van der Waals surface area contributed by atoms with Gasteiger partial charge in [0.05, 0.1) is 10.6 Å². The molecule has 0 bridgehead atoms. The van der Waals surface area contributed by atoms with Crippen LogP contribution in [0.25, 0.3) is 0 Å². The predicted molar refractivity (Wildman–Crippen MR) is 117 cm³/mol. The van der Waals surface area contributed by atoms with E-state index in [1.54, 1.807) is 0 Å². The van der Waals surface area contributed by atoms with E-state index >= 15 is 0 Å². The van der Waals surface area contributed by atoms with Gasteiger partial charge in [0.15, 0.2) is 11.5 Å². The second-order valence-electron chi connectivity index (χ2n) is 7.85. The molecule has 2 heterocycles. The van der Waals surface area contributed by atoms with Crippen LogP contribution < -0.4 is 19.5 Å². The highest BCUT2D eigenvalue weighted by Crippen LogP contribution is 2.34. The Bertz CT molecular complexity index is 1160. The Morgan fingerprint density at radius 2 is 1.76 bits per heavy atom. The zero-order valence-corrected chi connectivity index (χ0v) is 18.6. The maximum absolute atomic E-state index is 14.0. The number of nitrogens with two attached hydrogens (primary N) is 1. The summed E-state index contributed by atoms with van der Waals surface area (Å²) in [5.41, 5.74) is 5.36. The number of carbonyl (C=O) groups is 2. The van der Waals surface area contributed by atoms with Crippen molar-refractivity contribution >= 4 is 27.5 Å². The zero-order chi connectivity index (χ0) is 23.6. The zero-order valence-electron chi connectivity index (χ0n) is 17.8. The van der Waals surface area contributed by atoms with Crippen molar-refractivity contribution in [1.29, 1.82) is 0 Å². The van der Waals surface area contributed by atoms with E-state index in [9.17, 15) is 22.4 Å².